The molecule has 0 unspecified atom stereocenters. The summed E-state index contributed by atoms with van der Waals surface area (Å²) >= 11 is 7.38. The molecule has 2 nitrogen and oxygen atoms in total. The first kappa shape index (κ1) is 11.6. The molecule has 0 aromatic carbocycles. The van der Waals surface area contributed by atoms with E-state index in [2.05, 4.69) is 4.98 Å². The SMILES string of the molecule is N#CCc1c(I)cnc(Cl)c1C(F)F. The maximum Gasteiger partial charge on any atom is 0.267 e. The van der Waals surface area contributed by atoms with Gasteiger partial charge in [-0.15, -0.1) is 0 Å². The van der Waals surface area contributed by atoms with Crippen LogP contribution in [0.15, 0.2) is 6.20 Å². The maximum atomic E-state index is 12.6. The standard InChI is InChI=1S/C8H4ClF2IN2/c9-7-6(8(10)11)4(1-2-13)5(12)3-14-7/h3,8H,1H2. The molecule has 0 spiro atoms. The number of nitriles is 1. The Morgan fingerprint density at radius 1 is 1.64 bits per heavy atom. The third-order valence-corrected chi connectivity index (χ3v) is 2.83. The first-order valence-electron chi connectivity index (χ1n) is 3.55. The van der Waals surface area contributed by atoms with Gasteiger partial charge in [-0.25, -0.2) is 13.8 Å². The van der Waals surface area contributed by atoms with Crippen LogP contribution in [0, 0.1) is 14.9 Å². The average molecular weight is 328 g/mol. The molecule has 0 N–H and O–H groups in total. The number of alkyl halides is 2. The van der Waals surface area contributed by atoms with E-state index in [1.54, 1.807) is 0 Å². The molecule has 1 heterocycles. The number of hydrogen-bond acceptors (Lipinski definition) is 2. The summed E-state index contributed by atoms with van der Waals surface area (Å²) < 4.78 is 25.6. The lowest BCUT2D eigenvalue weighted by Crippen LogP contribution is -2.00. The second-order valence-corrected chi connectivity index (χ2v) is 3.94. The number of rotatable bonds is 2. The van der Waals surface area contributed by atoms with Crippen LogP contribution in [0.5, 0.6) is 0 Å². The molecule has 14 heavy (non-hydrogen) atoms. The van der Waals surface area contributed by atoms with Crippen molar-refractivity contribution in [2.75, 3.05) is 0 Å². The van der Waals surface area contributed by atoms with Gasteiger partial charge in [-0.1, -0.05) is 11.6 Å². The summed E-state index contributed by atoms with van der Waals surface area (Å²) in [7, 11) is 0. The minimum absolute atomic E-state index is 0.0831. The quantitative estimate of drug-likeness (QED) is 0.617. The maximum absolute atomic E-state index is 12.6. The zero-order valence-corrected chi connectivity index (χ0v) is 9.68. The van der Waals surface area contributed by atoms with Crippen molar-refractivity contribution >= 4 is 34.2 Å². The Hall–Kier alpha value is -0.480. The van der Waals surface area contributed by atoms with Crippen LogP contribution in [0.1, 0.15) is 17.6 Å². The molecule has 0 amide bonds. The lowest BCUT2D eigenvalue weighted by Gasteiger charge is -2.08. The van der Waals surface area contributed by atoms with Crippen LogP contribution in [0.4, 0.5) is 8.78 Å². The topological polar surface area (TPSA) is 36.7 Å². The van der Waals surface area contributed by atoms with Gasteiger partial charge in [-0.2, -0.15) is 5.26 Å². The van der Waals surface area contributed by atoms with E-state index in [0.29, 0.717) is 3.57 Å². The van der Waals surface area contributed by atoms with Crippen molar-refractivity contribution < 1.29 is 8.78 Å². The fourth-order valence-electron chi connectivity index (χ4n) is 0.994. The van der Waals surface area contributed by atoms with Crippen LogP contribution in [0.25, 0.3) is 0 Å². The van der Waals surface area contributed by atoms with E-state index < -0.39 is 6.43 Å². The van der Waals surface area contributed by atoms with Gasteiger partial charge in [0.1, 0.15) is 5.15 Å². The van der Waals surface area contributed by atoms with Crippen LogP contribution in [-0.4, -0.2) is 4.98 Å². The van der Waals surface area contributed by atoms with Crippen LogP contribution >= 0.6 is 34.2 Å². The highest BCUT2D eigenvalue weighted by Crippen LogP contribution is 2.31. The van der Waals surface area contributed by atoms with Crippen LogP contribution < -0.4 is 0 Å². The Morgan fingerprint density at radius 2 is 2.29 bits per heavy atom. The summed E-state index contributed by atoms with van der Waals surface area (Å²) in [6, 6.07) is 1.82. The van der Waals surface area contributed by atoms with Crippen molar-refractivity contribution in [3.05, 3.63) is 26.0 Å². The summed E-state index contributed by atoms with van der Waals surface area (Å²) in [5.41, 5.74) is -0.0665. The Labute approximate surface area is 98.0 Å². The van der Waals surface area contributed by atoms with Crippen molar-refractivity contribution in [3.63, 3.8) is 0 Å². The molecule has 0 fully saturated rings. The number of nitrogens with zero attached hydrogens (tertiary/aromatic N) is 2. The molecule has 0 atom stereocenters. The molecule has 0 aliphatic rings. The molecule has 1 rings (SSSR count). The molecule has 0 aliphatic heterocycles. The largest absolute Gasteiger partial charge is 0.267 e. The molecule has 74 valence electrons. The van der Waals surface area contributed by atoms with Crippen molar-refractivity contribution in [2.45, 2.75) is 12.8 Å². The molecule has 0 saturated heterocycles. The van der Waals surface area contributed by atoms with Gasteiger partial charge in [0, 0.05) is 9.77 Å². The predicted molar refractivity (Wildman–Crippen MR) is 56.2 cm³/mol. The van der Waals surface area contributed by atoms with Gasteiger partial charge in [-0.3, -0.25) is 0 Å². The lowest BCUT2D eigenvalue weighted by molar-refractivity contribution is 0.150. The molecule has 1 aromatic heterocycles. The van der Waals surface area contributed by atoms with Gasteiger partial charge < -0.3 is 0 Å². The zero-order valence-electron chi connectivity index (χ0n) is 6.77. The van der Waals surface area contributed by atoms with Crippen molar-refractivity contribution in [1.29, 1.82) is 5.26 Å². The highest BCUT2D eigenvalue weighted by Gasteiger charge is 2.20. The van der Waals surface area contributed by atoms with Crippen molar-refractivity contribution in [1.82, 2.24) is 4.98 Å². The van der Waals surface area contributed by atoms with E-state index >= 15 is 0 Å². The summed E-state index contributed by atoms with van der Waals surface area (Å²) in [5.74, 6) is 0. The minimum atomic E-state index is -2.70. The molecule has 0 aliphatic carbocycles. The van der Waals surface area contributed by atoms with E-state index in [4.69, 9.17) is 16.9 Å². The molecule has 0 saturated carbocycles. The predicted octanol–water partition coefficient (Wildman–Crippen LogP) is 3.34. The number of hydrogen-bond donors (Lipinski definition) is 0. The van der Waals surface area contributed by atoms with Gasteiger partial charge in [0.25, 0.3) is 6.43 Å². The van der Waals surface area contributed by atoms with E-state index in [1.807, 2.05) is 28.7 Å². The Bertz CT molecular complexity index is 390. The van der Waals surface area contributed by atoms with E-state index in [9.17, 15) is 8.78 Å². The molecular weight excluding hydrogens is 324 g/mol. The third-order valence-electron chi connectivity index (χ3n) is 1.60. The zero-order chi connectivity index (χ0) is 10.7. The number of aromatic nitrogens is 1. The van der Waals surface area contributed by atoms with Crippen molar-refractivity contribution in [3.8, 4) is 6.07 Å². The van der Waals surface area contributed by atoms with Gasteiger partial charge in [0.15, 0.2) is 0 Å². The fourth-order valence-corrected chi connectivity index (χ4v) is 1.86. The Kier molecular flexibility index (Phi) is 4.01. The monoisotopic (exact) mass is 328 g/mol. The molecule has 0 radical (unpaired) electrons. The highest BCUT2D eigenvalue weighted by atomic mass is 127. The second kappa shape index (κ2) is 4.84. The minimum Gasteiger partial charge on any atom is -0.243 e. The van der Waals surface area contributed by atoms with Crippen LogP contribution in [0.3, 0.4) is 0 Å². The fraction of sp³-hybridized carbons (Fsp3) is 0.250. The van der Waals surface area contributed by atoms with E-state index in [1.165, 1.54) is 6.20 Å². The van der Waals surface area contributed by atoms with E-state index in [-0.39, 0.29) is 22.7 Å². The molecular formula is C8H4ClF2IN2. The second-order valence-electron chi connectivity index (χ2n) is 2.42. The summed E-state index contributed by atoms with van der Waals surface area (Å²) in [4.78, 5) is 3.61. The molecule has 0 bridgehead atoms. The Morgan fingerprint density at radius 3 is 2.79 bits per heavy atom. The smallest absolute Gasteiger partial charge is 0.243 e. The number of halogens is 4. The molecule has 6 heteroatoms. The summed E-state index contributed by atoms with van der Waals surface area (Å²) in [6.07, 6.45) is -1.41. The van der Waals surface area contributed by atoms with Gasteiger partial charge >= 0.3 is 0 Å². The van der Waals surface area contributed by atoms with Gasteiger partial charge in [0.2, 0.25) is 0 Å². The van der Waals surface area contributed by atoms with Crippen LogP contribution in [0.2, 0.25) is 5.15 Å². The third kappa shape index (κ3) is 2.30. The van der Waals surface area contributed by atoms with E-state index in [0.717, 1.165) is 0 Å². The normalized spacial score (nSPS) is 10.3. The van der Waals surface area contributed by atoms with Crippen molar-refractivity contribution in [2.24, 2.45) is 0 Å². The highest BCUT2D eigenvalue weighted by molar-refractivity contribution is 14.1. The van der Waals surface area contributed by atoms with Gasteiger partial charge in [0.05, 0.1) is 18.1 Å². The first-order chi connectivity index (χ1) is 6.57. The number of pyridine rings is 1. The first-order valence-corrected chi connectivity index (χ1v) is 5.01. The van der Waals surface area contributed by atoms with Crippen LogP contribution in [-0.2, 0) is 6.42 Å². The summed E-state index contributed by atoms with van der Waals surface area (Å²) in [5, 5.41) is 8.25. The average Bonchev–Trinajstić information content (AvgIpc) is 2.11. The Balaban J connectivity index is 3.35. The van der Waals surface area contributed by atoms with Gasteiger partial charge in [-0.05, 0) is 28.2 Å². The molecule has 1 aromatic rings. The summed E-state index contributed by atoms with van der Waals surface area (Å²) in [6.45, 7) is 0. The lowest BCUT2D eigenvalue weighted by atomic mass is 10.1.